The number of hydrogen-bond donors (Lipinski definition) is 1. The fourth-order valence-corrected chi connectivity index (χ4v) is 3.12. The predicted molar refractivity (Wildman–Crippen MR) is 69.9 cm³/mol. The number of alkyl halides is 1. The third-order valence-electron chi connectivity index (χ3n) is 1.89. The van der Waals surface area contributed by atoms with Gasteiger partial charge in [0.05, 0.1) is 6.10 Å². The molecule has 0 amide bonds. The Bertz CT molecular complexity index is 164. The van der Waals surface area contributed by atoms with Gasteiger partial charge in [0, 0.05) is 17.1 Å². The Balaban J connectivity index is 4.26. The van der Waals surface area contributed by atoms with Crippen LogP contribution in [0.15, 0.2) is 0 Å². The molecule has 0 heterocycles. The number of halogens is 1. The third kappa shape index (κ3) is 6.18. The van der Waals surface area contributed by atoms with E-state index in [-0.39, 0.29) is 6.10 Å². The topological polar surface area (TPSA) is 47.9 Å². The average Bonchev–Trinajstić information content (AvgIpc) is 2.16. The zero-order valence-corrected chi connectivity index (χ0v) is 13.0. The lowest BCUT2D eigenvalue weighted by Gasteiger charge is -2.27. The zero-order valence-electron chi connectivity index (χ0n) is 9.83. The quantitative estimate of drug-likeness (QED) is 0.415. The number of hydrogen-bond acceptors (Lipinski definition) is 4. The molecule has 0 fully saturated rings. The van der Waals surface area contributed by atoms with Crippen molar-refractivity contribution in [2.75, 3.05) is 13.2 Å². The first-order valence-corrected chi connectivity index (χ1v) is 8.23. The summed E-state index contributed by atoms with van der Waals surface area (Å²) in [5.41, 5.74) is 0. The lowest BCUT2D eigenvalue weighted by molar-refractivity contribution is -0.0232. The molecule has 0 rings (SSSR count). The smallest absolute Gasteiger partial charge is 0.367 e. The molecule has 1 N–H and O–H groups in total. The van der Waals surface area contributed by atoms with Gasteiger partial charge in [0.1, 0.15) is 0 Å². The highest BCUT2D eigenvalue weighted by molar-refractivity contribution is 14.1. The van der Waals surface area contributed by atoms with Crippen LogP contribution < -0.4 is 0 Å². The molecule has 6 heteroatoms. The second-order valence-corrected chi connectivity index (χ2v) is 6.60. The summed E-state index contributed by atoms with van der Waals surface area (Å²) in [5, 5.41) is 0. The lowest BCUT2D eigenvalue weighted by Crippen LogP contribution is -2.49. The van der Waals surface area contributed by atoms with E-state index in [2.05, 4.69) is 29.5 Å². The van der Waals surface area contributed by atoms with Crippen molar-refractivity contribution in [2.24, 2.45) is 0 Å². The fraction of sp³-hybridized carbons (Fsp3) is 1.00. The van der Waals surface area contributed by atoms with Gasteiger partial charge >= 0.3 is 9.05 Å². The first kappa shape index (κ1) is 15.8. The average molecular weight is 348 g/mol. The molecule has 15 heavy (non-hydrogen) atoms. The van der Waals surface area contributed by atoms with Crippen LogP contribution in [0.5, 0.6) is 0 Å². The predicted octanol–water partition coefficient (Wildman–Crippen LogP) is 2.11. The molecule has 0 aromatic carbocycles. The van der Waals surface area contributed by atoms with Gasteiger partial charge in [0.15, 0.2) is 0 Å². The van der Waals surface area contributed by atoms with E-state index < -0.39 is 9.05 Å². The first-order valence-electron chi connectivity index (χ1n) is 5.31. The van der Waals surface area contributed by atoms with E-state index in [1.807, 2.05) is 20.8 Å². The zero-order chi connectivity index (χ0) is 11.9. The Morgan fingerprint density at radius 3 is 2.00 bits per heavy atom. The van der Waals surface area contributed by atoms with Gasteiger partial charge in [-0.25, -0.2) is 0 Å². The molecule has 0 spiro atoms. The minimum absolute atomic E-state index is 0.0645. The van der Waals surface area contributed by atoms with Gasteiger partial charge in [-0.2, -0.15) is 0 Å². The van der Waals surface area contributed by atoms with Crippen LogP contribution in [0.25, 0.3) is 0 Å². The van der Waals surface area contributed by atoms with Crippen LogP contribution in [-0.4, -0.2) is 37.1 Å². The maximum atomic E-state index is 9.99. The van der Waals surface area contributed by atoms with Gasteiger partial charge in [-0.3, -0.25) is 0 Å². The van der Waals surface area contributed by atoms with Crippen LogP contribution in [-0.2, 0) is 13.3 Å². The van der Waals surface area contributed by atoms with Crippen molar-refractivity contribution in [3.8, 4) is 0 Å². The van der Waals surface area contributed by atoms with Gasteiger partial charge < -0.3 is 18.1 Å². The molecule has 0 aromatic rings. The van der Waals surface area contributed by atoms with Crippen LogP contribution in [0.1, 0.15) is 34.1 Å². The van der Waals surface area contributed by atoms with Crippen molar-refractivity contribution >= 4 is 31.6 Å². The van der Waals surface area contributed by atoms with Crippen LogP contribution >= 0.6 is 22.6 Å². The highest BCUT2D eigenvalue weighted by atomic mass is 127. The molecule has 0 aliphatic carbocycles. The van der Waals surface area contributed by atoms with Gasteiger partial charge in [-0.15, -0.1) is 0 Å². The minimum atomic E-state index is -3.40. The van der Waals surface area contributed by atoms with E-state index in [0.717, 1.165) is 6.42 Å². The fourth-order valence-electron chi connectivity index (χ4n) is 1.12. The van der Waals surface area contributed by atoms with Crippen molar-refractivity contribution in [3.63, 3.8) is 0 Å². The van der Waals surface area contributed by atoms with Gasteiger partial charge in [0.25, 0.3) is 0 Å². The molecule has 0 saturated carbocycles. The maximum absolute atomic E-state index is 9.99. The van der Waals surface area contributed by atoms with Gasteiger partial charge in [0.2, 0.25) is 0 Å². The molecule has 0 aromatic heterocycles. The van der Waals surface area contributed by atoms with Crippen molar-refractivity contribution in [3.05, 3.63) is 0 Å². The van der Waals surface area contributed by atoms with Crippen molar-refractivity contribution in [1.82, 2.24) is 0 Å². The molecule has 0 bridgehead atoms. The summed E-state index contributed by atoms with van der Waals surface area (Å²) in [6.07, 6.45) is 0.926. The van der Waals surface area contributed by atoms with Crippen molar-refractivity contribution in [1.29, 1.82) is 0 Å². The second kappa shape index (κ2) is 7.96. The highest BCUT2D eigenvalue weighted by Crippen LogP contribution is 2.18. The van der Waals surface area contributed by atoms with Gasteiger partial charge in [-0.1, -0.05) is 29.5 Å². The van der Waals surface area contributed by atoms with Crippen LogP contribution in [0.4, 0.5) is 0 Å². The molecule has 4 nitrogen and oxygen atoms in total. The Morgan fingerprint density at radius 1 is 1.20 bits per heavy atom. The Morgan fingerprint density at radius 2 is 1.67 bits per heavy atom. The lowest BCUT2D eigenvalue weighted by atomic mass is 10.2. The summed E-state index contributed by atoms with van der Waals surface area (Å²) < 4.78 is 16.2. The maximum Gasteiger partial charge on any atom is 0.677 e. The Hall–Kier alpha value is 0.787. The Labute approximate surface area is 107 Å². The summed E-state index contributed by atoms with van der Waals surface area (Å²) in [6, 6.07) is 0. The molecule has 0 saturated heterocycles. The van der Waals surface area contributed by atoms with E-state index in [1.165, 1.54) is 0 Å². The van der Waals surface area contributed by atoms with E-state index in [0.29, 0.717) is 17.1 Å². The second-order valence-electron chi connectivity index (χ2n) is 3.14. The summed E-state index contributed by atoms with van der Waals surface area (Å²) in [6.45, 7) is 8.43. The van der Waals surface area contributed by atoms with Crippen molar-refractivity contribution < 1.29 is 18.1 Å². The monoisotopic (exact) mass is 348 g/mol. The SMILES string of the molecule is CCO[Si](O)(OCC)OC(C)C(I)CC. The summed E-state index contributed by atoms with van der Waals surface area (Å²) in [7, 11) is -3.40. The molecular weight excluding hydrogens is 327 g/mol. The minimum Gasteiger partial charge on any atom is -0.367 e. The largest absolute Gasteiger partial charge is 0.677 e. The standard InChI is InChI=1S/C9H21IO4Si/c1-5-9(10)8(4)14-15(11,12-6-2)13-7-3/h8-9,11H,5-7H2,1-4H3. The number of rotatable bonds is 8. The molecule has 2 atom stereocenters. The van der Waals surface area contributed by atoms with E-state index in [4.69, 9.17) is 13.3 Å². The molecule has 0 aliphatic heterocycles. The molecule has 92 valence electrons. The molecular formula is C9H21IO4Si. The Kier molecular flexibility index (Phi) is 8.38. The van der Waals surface area contributed by atoms with Crippen LogP contribution in [0, 0.1) is 0 Å². The van der Waals surface area contributed by atoms with Gasteiger partial charge in [-0.05, 0) is 27.2 Å². The van der Waals surface area contributed by atoms with E-state index >= 15 is 0 Å². The van der Waals surface area contributed by atoms with Crippen LogP contribution in [0.2, 0.25) is 0 Å². The summed E-state index contributed by atoms with van der Waals surface area (Å²) in [4.78, 5) is 9.99. The third-order valence-corrected chi connectivity index (χ3v) is 5.76. The highest BCUT2D eigenvalue weighted by Gasteiger charge is 2.43. The van der Waals surface area contributed by atoms with E-state index in [1.54, 1.807) is 0 Å². The normalized spacial score (nSPS) is 16.4. The van der Waals surface area contributed by atoms with Crippen molar-refractivity contribution in [2.45, 2.75) is 44.1 Å². The first-order chi connectivity index (χ1) is 6.99. The summed E-state index contributed by atoms with van der Waals surface area (Å²) >= 11 is 2.30. The van der Waals surface area contributed by atoms with E-state index in [9.17, 15) is 4.80 Å². The summed E-state index contributed by atoms with van der Waals surface area (Å²) in [5.74, 6) is 0. The molecule has 0 radical (unpaired) electrons. The van der Waals surface area contributed by atoms with Crippen LogP contribution in [0.3, 0.4) is 0 Å². The molecule has 0 aliphatic rings. The molecule has 2 unspecified atom stereocenters.